The van der Waals surface area contributed by atoms with Crippen LogP contribution in [0.25, 0.3) is 0 Å². The summed E-state index contributed by atoms with van der Waals surface area (Å²) in [7, 11) is 0. The number of benzene rings is 1. The lowest BCUT2D eigenvalue weighted by Crippen LogP contribution is -2.38. The second-order valence-corrected chi connectivity index (χ2v) is 7.09. The van der Waals surface area contributed by atoms with Gasteiger partial charge in [0.05, 0.1) is 6.04 Å². The third kappa shape index (κ3) is 4.20. The molecule has 0 bridgehead atoms. The van der Waals surface area contributed by atoms with Gasteiger partial charge in [-0.2, -0.15) is 0 Å². The lowest BCUT2D eigenvalue weighted by molar-refractivity contribution is -0.133. The molecule has 1 aliphatic heterocycles. The Morgan fingerprint density at radius 3 is 2.65 bits per heavy atom. The molecule has 2 fully saturated rings. The normalized spacial score (nSPS) is 27.6. The fourth-order valence-corrected chi connectivity index (χ4v) is 4.23. The monoisotopic (exact) mass is 356 g/mol. The largest absolute Gasteiger partial charge is 0.336 e. The predicted molar refractivity (Wildman–Crippen MR) is 96.9 cm³/mol. The minimum absolute atomic E-state index is 0. The van der Waals surface area contributed by atoms with Crippen LogP contribution >= 0.6 is 24.0 Å². The van der Waals surface area contributed by atoms with Gasteiger partial charge in [0.1, 0.15) is 0 Å². The van der Waals surface area contributed by atoms with Crippen LogP contribution in [0, 0.1) is 5.92 Å². The molecule has 0 radical (unpaired) electrons. The van der Waals surface area contributed by atoms with E-state index in [9.17, 15) is 4.79 Å². The Morgan fingerprint density at radius 1 is 1.17 bits per heavy atom. The molecular weight excluding hydrogens is 331 g/mol. The number of halogens is 2. The minimum atomic E-state index is 0. The van der Waals surface area contributed by atoms with Crippen molar-refractivity contribution in [1.29, 1.82) is 0 Å². The number of carbonyl (C=O) groups is 1. The second kappa shape index (κ2) is 8.36. The lowest BCUT2D eigenvalue weighted by Gasteiger charge is -2.31. The highest BCUT2D eigenvalue weighted by Gasteiger charge is 2.33. The van der Waals surface area contributed by atoms with Crippen LogP contribution in [-0.2, 0) is 4.79 Å². The van der Waals surface area contributed by atoms with E-state index in [-0.39, 0.29) is 30.4 Å². The summed E-state index contributed by atoms with van der Waals surface area (Å²) < 4.78 is 0. The van der Waals surface area contributed by atoms with E-state index in [4.69, 9.17) is 17.3 Å². The SMILES string of the molecule is Cl.NC1CCCCC1CC(=O)N1CCCC1c1ccccc1Cl. The molecule has 3 unspecified atom stereocenters. The quantitative estimate of drug-likeness (QED) is 0.875. The maximum atomic E-state index is 12.8. The van der Waals surface area contributed by atoms with Crippen molar-refractivity contribution in [3.8, 4) is 0 Å². The van der Waals surface area contributed by atoms with E-state index < -0.39 is 0 Å². The maximum absolute atomic E-state index is 12.8. The zero-order valence-electron chi connectivity index (χ0n) is 13.4. The average molecular weight is 357 g/mol. The molecule has 1 saturated carbocycles. The van der Waals surface area contributed by atoms with Crippen LogP contribution in [0.15, 0.2) is 24.3 Å². The first-order chi connectivity index (χ1) is 10.7. The van der Waals surface area contributed by atoms with E-state index in [0.29, 0.717) is 12.3 Å². The number of carbonyl (C=O) groups excluding carboxylic acids is 1. The standard InChI is InChI=1S/C18H25ClN2O.ClH/c19-15-8-3-2-7-14(15)17-10-5-11-21(17)18(22)12-13-6-1-4-9-16(13)20;/h2-3,7-8,13,16-17H,1,4-6,9-12,20H2;1H. The first kappa shape index (κ1) is 18.6. The molecule has 1 aromatic rings. The molecule has 3 rings (SSSR count). The fourth-order valence-electron chi connectivity index (χ4n) is 3.97. The van der Waals surface area contributed by atoms with Gasteiger partial charge in [0, 0.05) is 24.0 Å². The van der Waals surface area contributed by atoms with Crippen molar-refractivity contribution in [2.24, 2.45) is 11.7 Å². The molecule has 3 nitrogen and oxygen atoms in total. The van der Waals surface area contributed by atoms with Crippen LogP contribution in [0.2, 0.25) is 5.02 Å². The van der Waals surface area contributed by atoms with Gasteiger partial charge in [-0.15, -0.1) is 12.4 Å². The molecule has 1 saturated heterocycles. The first-order valence-corrected chi connectivity index (χ1v) is 8.84. The third-order valence-electron chi connectivity index (χ3n) is 5.24. The molecule has 1 heterocycles. The van der Waals surface area contributed by atoms with Crippen molar-refractivity contribution in [3.63, 3.8) is 0 Å². The van der Waals surface area contributed by atoms with Crippen molar-refractivity contribution in [1.82, 2.24) is 4.90 Å². The van der Waals surface area contributed by atoms with Gasteiger partial charge in [0.25, 0.3) is 0 Å². The average Bonchev–Trinajstić information content (AvgIpc) is 2.99. The molecule has 1 aliphatic carbocycles. The van der Waals surface area contributed by atoms with Gasteiger partial charge in [-0.05, 0) is 43.2 Å². The first-order valence-electron chi connectivity index (χ1n) is 8.46. The number of hydrogen-bond donors (Lipinski definition) is 1. The van der Waals surface area contributed by atoms with Crippen LogP contribution in [0.1, 0.15) is 56.6 Å². The summed E-state index contributed by atoms with van der Waals surface area (Å²) in [5.41, 5.74) is 7.29. The number of nitrogens with zero attached hydrogens (tertiary/aromatic N) is 1. The zero-order valence-corrected chi connectivity index (χ0v) is 15.0. The molecule has 0 aromatic heterocycles. The molecular formula is C18H26Cl2N2O. The van der Waals surface area contributed by atoms with Gasteiger partial charge in [-0.25, -0.2) is 0 Å². The molecule has 128 valence electrons. The Balaban J connectivity index is 0.00000192. The van der Waals surface area contributed by atoms with E-state index >= 15 is 0 Å². The lowest BCUT2D eigenvalue weighted by atomic mass is 9.82. The second-order valence-electron chi connectivity index (χ2n) is 6.68. The Hall–Kier alpha value is -0.770. The molecule has 2 aliphatic rings. The topological polar surface area (TPSA) is 46.3 Å². The van der Waals surface area contributed by atoms with Gasteiger partial charge in [0.15, 0.2) is 0 Å². The van der Waals surface area contributed by atoms with E-state index in [0.717, 1.165) is 42.8 Å². The number of nitrogens with two attached hydrogens (primary N) is 1. The van der Waals surface area contributed by atoms with Crippen LogP contribution in [0.4, 0.5) is 0 Å². The summed E-state index contributed by atoms with van der Waals surface area (Å²) in [6, 6.07) is 8.23. The predicted octanol–water partition coefficient (Wildman–Crippen LogP) is 4.33. The molecule has 1 aromatic carbocycles. The number of hydrogen-bond acceptors (Lipinski definition) is 2. The Labute approximate surface area is 150 Å². The van der Waals surface area contributed by atoms with Gasteiger partial charge in [-0.3, -0.25) is 4.79 Å². The molecule has 3 atom stereocenters. The number of likely N-dealkylation sites (tertiary alicyclic amines) is 1. The summed E-state index contributed by atoms with van der Waals surface area (Å²) in [5.74, 6) is 0.610. The van der Waals surface area contributed by atoms with Crippen molar-refractivity contribution in [2.75, 3.05) is 6.54 Å². The van der Waals surface area contributed by atoms with Crippen LogP contribution in [0.3, 0.4) is 0 Å². The molecule has 1 amide bonds. The fraction of sp³-hybridized carbons (Fsp3) is 0.611. The van der Waals surface area contributed by atoms with Crippen LogP contribution in [-0.4, -0.2) is 23.4 Å². The Morgan fingerprint density at radius 2 is 1.91 bits per heavy atom. The van der Waals surface area contributed by atoms with Crippen LogP contribution < -0.4 is 5.73 Å². The minimum Gasteiger partial charge on any atom is -0.336 e. The Bertz CT molecular complexity index is 538. The highest BCUT2D eigenvalue weighted by Crippen LogP contribution is 2.37. The molecule has 23 heavy (non-hydrogen) atoms. The third-order valence-corrected chi connectivity index (χ3v) is 5.59. The van der Waals surface area contributed by atoms with Crippen molar-refractivity contribution in [3.05, 3.63) is 34.9 Å². The van der Waals surface area contributed by atoms with Gasteiger partial charge in [0.2, 0.25) is 5.91 Å². The number of amides is 1. The molecule has 2 N–H and O–H groups in total. The van der Waals surface area contributed by atoms with E-state index in [1.807, 2.05) is 29.2 Å². The van der Waals surface area contributed by atoms with Crippen LogP contribution in [0.5, 0.6) is 0 Å². The maximum Gasteiger partial charge on any atom is 0.223 e. The van der Waals surface area contributed by atoms with Crippen molar-refractivity contribution >= 4 is 29.9 Å². The van der Waals surface area contributed by atoms with E-state index in [2.05, 4.69) is 0 Å². The van der Waals surface area contributed by atoms with Crippen molar-refractivity contribution in [2.45, 2.75) is 57.0 Å². The zero-order chi connectivity index (χ0) is 15.5. The van der Waals surface area contributed by atoms with E-state index in [1.54, 1.807) is 0 Å². The summed E-state index contributed by atoms with van der Waals surface area (Å²) in [5, 5.41) is 0.765. The van der Waals surface area contributed by atoms with Gasteiger partial charge < -0.3 is 10.6 Å². The highest BCUT2D eigenvalue weighted by molar-refractivity contribution is 6.31. The molecule has 5 heteroatoms. The Kier molecular flexibility index (Phi) is 6.75. The smallest absolute Gasteiger partial charge is 0.223 e. The summed E-state index contributed by atoms with van der Waals surface area (Å²) in [6.07, 6.45) is 7.23. The summed E-state index contributed by atoms with van der Waals surface area (Å²) in [6.45, 7) is 0.844. The summed E-state index contributed by atoms with van der Waals surface area (Å²) in [4.78, 5) is 14.8. The number of rotatable bonds is 3. The highest BCUT2D eigenvalue weighted by atomic mass is 35.5. The van der Waals surface area contributed by atoms with Gasteiger partial charge >= 0.3 is 0 Å². The van der Waals surface area contributed by atoms with Crippen molar-refractivity contribution < 1.29 is 4.79 Å². The summed E-state index contributed by atoms with van der Waals surface area (Å²) >= 11 is 6.33. The molecule has 0 spiro atoms. The van der Waals surface area contributed by atoms with E-state index in [1.165, 1.54) is 12.8 Å². The van der Waals surface area contributed by atoms with Gasteiger partial charge in [-0.1, -0.05) is 42.6 Å².